The Morgan fingerprint density at radius 2 is 1.45 bits per heavy atom. The maximum Gasteiger partial charge on any atom is 0.101 e. The fraction of sp³-hybridized carbons (Fsp3) is 0.684. The normalized spacial score (nSPS) is 35.3. The standard InChI is InChI=1S/C19H28N2.ClH/c1-21(2)18-5-3-13(4-6-18)12-20-19-16-8-14-7-15(10-16)11-17(19)9-14;/h3-6,14-17,19-20H,7-12H2,1-2H3;1H. The molecule has 0 aliphatic heterocycles. The molecule has 0 unspecified atom stereocenters. The number of anilines is 1. The molecule has 2 nitrogen and oxygen atoms in total. The first-order valence-electron chi connectivity index (χ1n) is 8.78. The molecule has 1 aromatic carbocycles. The van der Waals surface area contributed by atoms with E-state index in [1.165, 1.54) is 43.5 Å². The van der Waals surface area contributed by atoms with Crippen molar-refractivity contribution in [2.75, 3.05) is 19.0 Å². The van der Waals surface area contributed by atoms with E-state index in [0.29, 0.717) is 0 Å². The van der Waals surface area contributed by atoms with E-state index in [2.05, 4.69) is 48.6 Å². The van der Waals surface area contributed by atoms with Crippen molar-refractivity contribution in [3.8, 4) is 0 Å². The molecule has 2 N–H and O–H groups in total. The fourth-order valence-corrected chi connectivity index (χ4v) is 5.55. The lowest BCUT2D eigenvalue weighted by Crippen LogP contribution is -3.00. The number of nitrogens with zero attached hydrogens (tertiary/aromatic N) is 1. The number of benzene rings is 1. The molecular formula is C19H29ClN2. The highest BCUT2D eigenvalue weighted by Crippen LogP contribution is 2.52. The van der Waals surface area contributed by atoms with Crippen LogP contribution in [0.4, 0.5) is 5.69 Å². The highest BCUT2D eigenvalue weighted by atomic mass is 35.5. The van der Waals surface area contributed by atoms with Crippen LogP contribution >= 0.6 is 0 Å². The summed E-state index contributed by atoms with van der Waals surface area (Å²) in [5, 5.41) is 2.68. The van der Waals surface area contributed by atoms with E-state index in [9.17, 15) is 0 Å². The maximum absolute atomic E-state index is 2.68. The highest BCUT2D eigenvalue weighted by Gasteiger charge is 2.49. The second kappa shape index (κ2) is 6.41. The van der Waals surface area contributed by atoms with Crippen LogP contribution in [0.15, 0.2) is 24.3 Å². The van der Waals surface area contributed by atoms with E-state index in [4.69, 9.17) is 0 Å². The number of halogens is 1. The zero-order valence-electron chi connectivity index (χ0n) is 13.8. The summed E-state index contributed by atoms with van der Waals surface area (Å²) < 4.78 is 0. The minimum atomic E-state index is 0. The van der Waals surface area contributed by atoms with E-state index < -0.39 is 0 Å². The van der Waals surface area contributed by atoms with Crippen LogP contribution < -0.4 is 22.6 Å². The Hall–Kier alpha value is -0.730. The van der Waals surface area contributed by atoms with Crippen LogP contribution in [0.1, 0.15) is 37.7 Å². The zero-order chi connectivity index (χ0) is 14.4. The van der Waals surface area contributed by atoms with Gasteiger partial charge < -0.3 is 22.6 Å². The first kappa shape index (κ1) is 16.1. The van der Waals surface area contributed by atoms with Crippen LogP contribution in [0.5, 0.6) is 0 Å². The molecule has 122 valence electrons. The van der Waals surface area contributed by atoms with Crippen molar-refractivity contribution in [2.45, 2.75) is 44.7 Å². The molecule has 0 atom stereocenters. The summed E-state index contributed by atoms with van der Waals surface area (Å²) in [6.07, 6.45) is 7.70. The van der Waals surface area contributed by atoms with Crippen molar-refractivity contribution in [1.29, 1.82) is 0 Å². The minimum Gasteiger partial charge on any atom is -1.00 e. The van der Waals surface area contributed by atoms with Gasteiger partial charge in [0.2, 0.25) is 0 Å². The van der Waals surface area contributed by atoms with Gasteiger partial charge in [0.1, 0.15) is 6.54 Å². The second-order valence-corrected chi connectivity index (χ2v) is 8.01. The van der Waals surface area contributed by atoms with Crippen LogP contribution in [0.3, 0.4) is 0 Å². The predicted molar refractivity (Wildman–Crippen MR) is 87.2 cm³/mol. The molecule has 1 aromatic rings. The Morgan fingerprint density at radius 1 is 0.909 bits per heavy atom. The van der Waals surface area contributed by atoms with Gasteiger partial charge in [-0.05, 0) is 56.1 Å². The summed E-state index contributed by atoms with van der Waals surface area (Å²) in [4.78, 5) is 2.17. The van der Waals surface area contributed by atoms with Gasteiger partial charge in [0, 0.05) is 37.2 Å². The van der Waals surface area contributed by atoms with E-state index in [-0.39, 0.29) is 12.4 Å². The van der Waals surface area contributed by atoms with E-state index >= 15 is 0 Å². The molecule has 5 rings (SSSR count). The van der Waals surface area contributed by atoms with Crippen molar-refractivity contribution in [2.24, 2.45) is 23.7 Å². The average molecular weight is 321 g/mol. The lowest BCUT2D eigenvalue weighted by molar-refractivity contribution is -0.723. The number of nitrogens with two attached hydrogens (primary N) is 1. The molecule has 3 heteroatoms. The van der Waals surface area contributed by atoms with Crippen molar-refractivity contribution in [3.63, 3.8) is 0 Å². The summed E-state index contributed by atoms with van der Waals surface area (Å²) in [6, 6.07) is 10.0. The van der Waals surface area contributed by atoms with Gasteiger partial charge in [0.15, 0.2) is 0 Å². The third kappa shape index (κ3) is 3.00. The molecule has 0 aromatic heterocycles. The molecule has 22 heavy (non-hydrogen) atoms. The van der Waals surface area contributed by atoms with Crippen LogP contribution in [0.2, 0.25) is 0 Å². The topological polar surface area (TPSA) is 19.9 Å². The van der Waals surface area contributed by atoms with Crippen molar-refractivity contribution in [1.82, 2.24) is 0 Å². The summed E-state index contributed by atoms with van der Waals surface area (Å²) in [5.41, 5.74) is 2.78. The lowest BCUT2D eigenvalue weighted by Gasteiger charge is -2.52. The molecule has 4 aliphatic carbocycles. The van der Waals surface area contributed by atoms with Gasteiger partial charge in [-0.1, -0.05) is 12.1 Å². The third-order valence-electron chi connectivity index (χ3n) is 6.38. The first-order chi connectivity index (χ1) is 10.2. The molecule has 0 heterocycles. The van der Waals surface area contributed by atoms with E-state index in [1.807, 2.05) is 0 Å². The molecule has 0 radical (unpaired) electrons. The zero-order valence-corrected chi connectivity index (χ0v) is 14.6. The molecule has 0 spiro atoms. The first-order valence-corrected chi connectivity index (χ1v) is 8.78. The van der Waals surface area contributed by atoms with Crippen molar-refractivity contribution >= 4 is 5.69 Å². The van der Waals surface area contributed by atoms with Gasteiger partial charge in [-0.25, -0.2) is 0 Å². The van der Waals surface area contributed by atoms with Crippen LogP contribution in [0, 0.1) is 23.7 Å². The smallest absolute Gasteiger partial charge is 0.101 e. The lowest BCUT2D eigenvalue weighted by atomic mass is 9.54. The molecule has 0 saturated heterocycles. The van der Waals surface area contributed by atoms with E-state index in [0.717, 1.165) is 29.7 Å². The molecular weight excluding hydrogens is 292 g/mol. The third-order valence-corrected chi connectivity index (χ3v) is 6.38. The van der Waals surface area contributed by atoms with Crippen LogP contribution in [0.25, 0.3) is 0 Å². The molecule has 0 amide bonds. The van der Waals surface area contributed by atoms with Gasteiger partial charge >= 0.3 is 0 Å². The quantitative estimate of drug-likeness (QED) is 0.803. The van der Waals surface area contributed by atoms with Gasteiger partial charge in [-0.15, -0.1) is 0 Å². The fourth-order valence-electron chi connectivity index (χ4n) is 5.55. The Balaban J connectivity index is 0.00000144. The van der Waals surface area contributed by atoms with E-state index in [1.54, 1.807) is 6.42 Å². The Kier molecular flexibility index (Phi) is 4.70. The SMILES string of the molecule is CN(C)c1ccc(C[NH2+]C2C3CC4CC(C3)CC2C4)cc1.[Cl-]. The van der Waals surface area contributed by atoms with Crippen LogP contribution in [-0.4, -0.2) is 20.1 Å². The Labute approximate surface area is 141 Å². The maximum atomic E-state index is 2.68. The summed E-state index contributed by atoms with van der Waals surface area (Å²) in [5.74, 6) is 4.25. The summed E-state index contributed by atoms with van der Waals surface area (Å²) in [6.45, 7) is 1.17. The number of hydrogen-bond acceptors (Lipinski definition) is 1. The van der Waals surface area contributed by atoms with Gasteiger partial charge in [-0.2, -0.15) is 0 Å². The number of hydrogen-bond donors (Lipinski definition) is 1. The molecule has 4 aliphatic rings. The molecule has 4 bridgehead atoms. The Morgan fingerprint density at radius 3 is 1.95 bits per heavy atom. The average Bonchev–Trinajstić information content (AvgIpc) is 2.46. The van der Waals surface area contributed by atoms with Gasteiger partial charge in [0.05, 0.1) is 6.04 Å². The Bertz CT molecular complexity index is 469. The van der Waals surface area contributed by atoms with Crippen molar-refractivity contribution in [3.05, 3.63) is 29.8 Å². The summed E-state index contributed by atoms with van der Waals surface area (Å²) in [7, 11) is 4.21. The predicted octanol–water partition coefficient (Wildman–Crippen LogP) is -0.355. The second-order valence-electron chi connectivity index (χ2n) is 8.01. The van der Waals surface area contributed by atoms with Gasteiger partial charge in [0.25, 0.3) is 0 Å². The molecule has 4 saturated carbocycles. The van der Waals surface area contributed by atoms with Gasteiger partial charge in [-0.3, -0.25) is 0 Å². The largest absolute Gasteiger partial charge is 1.00 e. The van der Waals surface area contributed by atoms with Crippen LogP contribution in [-0.2, 0) is 6.54 Å². The minimum absolute atomic E-state index is 0. The highest BCUT2D eigenvalue weighted by molar-refractivity contribution is 5.45. The summed E-state index contributed by atoms with van der Waals surface area (Å²) >= 11 is 0. The number of quaternary nitrogens is 1. The number of rotatable bonds is 4. The monoisotopic (exact) mass is 320 g/mol. The van der Waals surface area contributed by atoms with Crippen molar-refractivity contribution < 1.29 is 17.7 Å². The molecule has 4 fully saturated rings.